The zero-order valence-electron chi connectivity index (χ0n) is 9.00. The molecule has 77 valence electrons. The van der Waals surface area contributed by atoms with Crippen molar-refractivity contribution in [2.75, 3.05) is 59.9 Å². The smallest absolute Gasteiger partial charge is 0.0110 e. The molecule has 0 saturated carbocycles. The fourth-order valence-corrected chi connectivity index (χ4v) is 1.58. The Morgan fingerprint density at radius 3 is 2.08 bits per heavy atom. The highest BCUT2D eigenvalue weighted by molar-refractivity contribution is 4.72. The lowest BCUT2D eigenvalue weighted by Gasteiger charge is -2.34. The fraction of sp³-hybridized carbons (Fsp3) is 0.900. The topological polar surface area (TPSA) is 9.72 Å². The first-order valence-electron chi connectivity index (χ1n) is 5.11. The summed E-state index contributed by atoms with van der Waals surface area (Å²) in [5.41, 5.74) is 0. The predicted octanol–water partition coefficient (Wildman–Crippen LogP) is -0.000310. The van der Waals surface area contributed by atoms with Crippen LogP contribution in [0.2, 0.25) is 0 Å². The molecule has 0 bridgehead atoms. The fourth-order valence-electron chi connectivity index (χ4n) is 1.58. The highest BCUT2D eigenvalue weighted by atomic mass is 15.3. The van der Waals surface area contributed by atoms with Crippen molar-refractivity contribution in [2.45, 2.75) is 0 Å². The molecule has 1 radical (unpaired) electrons. The van der Waals surface area contributed by atoms with Crippen LogP contribution in [0.4, 0.5) is 0 Å². The van der Waals surface area contributed by atoms with Gasteiger partial charge < -0.3 is 9.80 Å². The Labute approximate surface area is 82.3 Å². The van der Waals surface area contributed by atoms with E-state index in [1.54, 1.807) is 0 Å². The molecule has 1 heterocycles. The maximum absolute atomic E-state index is 3.91. The van der Waals surface area contributed by atoms with Crippen LogP contribution in [0.15, 0.2) is 0 Å². The van der Waals surface area contributed by atoms with Crippen LogP contribution in [0.5, 0.6) is 0 Å². The summed E-state index contributed by atoms with van der Waals surface area (Å²) >= 11 is 0. The summed E-state index contributed by atoms with van der Waals surface area (Å²) in [4.78, 5) is 7.19. The molecule has 13 heavy (non-hydrogen) atoms. The van der Waals surface area contributed by atoms with Crippen molar-refractivity contribution >= 4 is 0 Å². The van der Waals surface area contributed by atoms with E-state index in [1.165, 1.54) is 39.3 Å². The second-order valence-electron chi connectivity index (χ2n) is 3.99. The first-order chi connectivity index (χ1) is 6.22. The van der Waals surface area contributed by atoms with Gasteiger partial charge in [0.2, 0.25) is 0 Å². The van der Waals surface area contributed by atoms with Gasteiger partial charge in [-0.1, -0.05) is 0 Å². The Balaban J connectivity index is 2.10. The van der Waals surface area contributed by atoms with E-state index in [1.807, 2.05) is 0 Å². The second kappa shape index (κ2) is 5.58. The van der Waals surface area contributed by atoms with Gasteiger partial charge in [0, 0.05) is 39.3 Å². The summed E-state index contributed by atoms with van der Waals surface area (Å²) in [5.74, 6) is 0. The molecule has 0 N–H and O–H groups in total. The van der Waals surface area contributed by atoms with Crippen molar-refractivity contribution in [1.82, 2.24) is 14.7 Å². The SMILES string of the molecule is [CH2]CN1CCN(CCN(C)C)CC1. The quantitative estimate of drug-likeness (QED) is 0.609. The van der Waals surface area contributed by atoms with Crippen LogP contribution in [0, 0.1) is 6.92 Å². The van der Waals surface area contributed by atoms with E-state index in [4.69, 9.17) is 0 Å². The normalized spacial score (nSPS) is 21.2. The lowest BCUT2D eigenvalue weighted by Crippen LogP contribution is -2.47. The Morgan fingerprint density at radius 2 is 1.62 bits per heavy atom. The van der Waals surface area contributed by atoms with E-state index in [2.05, 4.69) is 35.7 Å². The van der Waals surface area contributed by atoms with Gasteiger partial charge in [-0.25, -0.2) is 0 Å². The minimum absolute atomic E-state index is 0.960. The summed E-state index contributed by atoms with van der Waals surface area (Å²) in [6.07, 6.45) is 0. The molecule has 0 aliphatic carbocycles. The van der Waals surface area contributed by atoms with E-state index in [0.717, 1.165) is 6.54 Å². The third kappa shape index (κ3) is 4.07. The molecule has 3 nitrogen and oxygen atoms in total. The van der Waals surface area contributed by atoms with Crippen LogP contribution >= 0.6 is 0 Å². The molecule has 1 aliphatic rings. The molecule has 3 heteroatoms. The Morgan fingerprint density at radius 1 is 1.08 bits per heavy atom. The summed E-state index contributed by atoms with van der Waals surface area (Å²) in [6.45, 7) is 12.1. The first-order valence-corrected chi connectivity index (χ1v) is 5.11. The van der Waals surface area contributed by atoms with Crippen molar-refractivity contribution in [3.8, 4) is 0 Å². The first kappa shape index (κ1) is 11.0. The average Bonchev–Trinajstić information content (AvgIpc) is 2.15. The molecule has 1 aliphatic heterocycles. The summed E-state index contributed by atoms with van der Waals surface area (Å²) in [5, 5.41) is 0. The van der Waals surface area contributed by atoms with Gasteiger partial charge in [0.1, 0.15) is 0 Å². The van der Waals surface area contributed by atoms with E-state index in [0.29, 0.717) is 0 Å². The monoisotopic (exact) mass is 184 g/mol. The summed E-state index contributed by atoms with van der Waals surface area (Å²) in [6, 6.07) is 0. The van der Waals surface area contributed by atoms with Crippen molar-refractivity contribution in [3.63, 3.8) is 0 Å². The maximum atomic E-state index is 3.91. The van der Waals surface area contributed by atoms with E-state index in [9.17, 15) is 0 Å². The van der Waals surface area contributed by atoms with Gasteiger partial charge in [-0.15, -0.1) is 0 Å². The lowest BCUT2D eigenvalue weighted by atomic mass is 10.3. The van der Waals surface area contributed by atoms with Gasteiger partial charge in [-0.3, -0.25) is 4.90 Å². The number of hydrogen-bond acceptors (Lipinski definition) is 3. The Kier molecular flexibility index (Phi) is 4.70. The highest BCUT2D eigenvalue weighted by Gasteiger charge is 2.14. The van der Waals surface area contributed by atoms with Crippen LogP contribution in [-0.4, -0.2) is 74.6 Å². The third-order valence-corrected chi connectivity index (χ3v) is 2.64. The largest absolute Gasteiger partial charge is 0.308 e. The second-order valence-corrected chi connectivity index (χ2v) is 3.99. The third-order valence-electron chi connectivity index (χ3n) is 2.64. The molecule has 0 aromatic rings. The average molecular weight is 184 g/mol. The molecule has 0 atom stereocenters. The predicted molar refractivity (Wildman–Crippen MR) is 56.8 cm³/mol. The molecule has 0 spiro atoms. The molecule has 0 aromatic heterocycles. The minimum atomic E-state index is 0.960. The zero-order chi connectivity index (χ0) is 9.68. The molecule has 1 saturated heterocycles. The number of nitrogens with zero attached hydrogens (tertiary/aromatic N) is 3. The molecule has 0 aromatic carbocycles. The zero-order valence-corrected chi connectivity index (χ0v) is 9.00. The van der Waals surface area contributed by atoms with Gasteiger partial charge >= 0.3 is 0 Å². The van der Waals surface area contributed by atoms with Crippen LogP contribution < -0.4 is 0 Å². The van der Waals surface area contributed by atoms with Crippen molar-refractivity contribution in [3.05, 3.63) is 6.92 Å². The van der Waals surface area contributed by atoms with Crippen LogP contribution in [0.25, 0.3) is 0 Å². The number of hydrogen-bond donors (Lipinski definition) is 0. The van der Waals surface area contributed by atoms with Gasteiger partial charge in [0.15, 0.2) is 0 Å². The number of rotatable bonds is 4. The van der Waals surface area contributed by atoms with Crippen LogP contribution in [0.3, 0.4) is 0 Å². The molecule has 0 unspecified atom stereocenters. The van der Waals surface area contributed by atoms with Crippen LogP contribution in [-0.2, 0) is 0 Å². The number of likely N-dealkylation sites (N-methyl/N-ethyl adjacent to an activating group) is 1. The molecule has 1 rings (SSSR count). The van der Waals surface area contributed by atoms with Crippen molar-refractivity contribution in [2.24, 2.45) is 0 Å². The van der Waals surface area contributed by atoms with Gasteiger partial charge in [-0.2, -0.15) is 0 Å². The maximum Gasteiger partial charge on any atom is 0.0110 e. The number of piperazine rings is 1. The van der Waals surface area contributed by atoms with Crippen molar-refractivity contribution < 1.29 is 0 Å². The van der Waals surface area contributed by atoms with E-state index in [-0.39, 0.29) is 0 Å². The standard InChI is InChI=1S/C10H22N3/c1-4-12-7-9-13(10-8-12)6-5-11(2)3/h1,4-10H2,2-3H3. The summed E-state index contributed by atoms with van der Waals surface area (Å²) in [7, 11) is 4.26. The van der Waals surface area contributed by atoms with Gasteiger partial charge in [-0.05, 0) is 27.6 Å². The minimum Gasteiger partial charge on any atom is -0.308 e. The van der Waals surface area contributed by atoms with E-state index < -0.39 is 0 Å². The van der Waals surface area contributed by atoms with Gasteiger partial charge in [0.25, 0.3) is 0 Å². The van der Waals surface area contributed by atoms with Crippen molar-refractivity contribution in [1.29, 1.82) is 0 Å². The van der Waals surface area contributed by atoms with Crippen LogP contribution in [0.1, 0.15) is 0 Å². The molecular formula is C10H22N3. The highest BCUT2D eigenvalue weighted by Crippen LogP contribution is 2.00. The van der Waals surface area contributed by atoms with E-state index >= 15 is 0 Å². The lowest BCUT2D eigenvalue weighted by molar-refractivity contribution is 0.134. The molecule has 1 fully saturated rings. The molecular weight excluding hydrogens is 162 g/mol. The van der Waals surface area contributed by atoms with Gasteiger partial charge in [0.05, 0.1) is 0 Å². The summed E-state index contributed by atoms with van der Waals surface area (Å²) < 4.78 is 0. The molecule has 0 amide bonds. The Bertz CT molecular complexity index is 128. The Hall–Kier alpha value is -0.120.